The fraction of sp³-hybridized carbons (Fsp3) is 0.353. The number of hydrogen-bond acceptors (Lipinski definition) is 4. The van der Waals surface area contributed by atoms with Gasteiger partial charge in [-0.15, -0.1) is 0 Å². The van der Waals surface area contributed by atoms with Gasteiger partial charge < -0.3 is 14.7 Å². The summed E-state index contributed by atoms with van der Waals surface area (Å²) in [5, 5.41) is 13.3. The van der Waals surface area contributed by atoms with Gasteiger partial charge in [0.15, 0.2) is 0 Å². The van der Waals surface area contributed by atoms with Gasteiger partial charge in [-0.05, 0) is 25.5 Å². The number of nitrogens with zero attached hydrogens (tertiary/aromatic N) is 3. The first kappa shape index (κ1) is 17.7. The lowest BCUT2D eigenvalue weighted by atomic mass is 10.2. The van der Waals surface area contributed by atoms with Crippen molar-refractivity contribution in [3.63, 3.8) is 0 Å². The first-order chi connectivity index (χ1) is 11.5. The normalized spacial score (nSPS) is 10.6. The molecular weight excluding hydrogens is 310 g/mol. The maximum Gasteiger partial charge on any atom is 0.323 e. The van der Waals surface area contributed by atoms with E-state index < -0.39 is 5.97 Å². The van der Waals surface area contributed by atoms with E-state index in [1.54, 1.807) is 11.6 Å². The van der Waals surface area contributed by atoms with Gasteiger partial charge in [0, 0.05) is 13.7 Å². The van der Waals surface area contributed by atoms with Crippen LogP contribution < -0.4 is 0 Å². The van der Waals surface area contributed by atoms with Gasteiger partial charge in [0.2, 0.25) is 0 Å². The van der Waals surface area contributed by atoms with Crippen LogP contribution in [-0.4, -0.2) is 58.5 Å². The molecule has 0 unspecified atom stereocenters. The van der Waals surface area contributed by atoms with Crippen LogP contribution in [0.4, 0.5) is 0 Å². The number of aromatic nitrogens is 2. The van der Waals surface area contributed by atoms with Gasteiger partial charge in [-0.25, -0.2) is 4.68 Å². The minimum atomic E-state index is -1.07. The molecule has 0 aliphatic heterocycles. The molecule has 7 nitrogen and oxygen atoms in total. The number of aryl methyl sites for hydroxylation is 1. The Kier molecular flexibility index (Phi) is 5.70. The molecule has 0 aliphatic rings. The summed E-state index contributed by atoms with van der Waals surface area (Å²) in [4.78, 5) is 24.9. The molecule has 0 bridgehead atoms. The lowest BCUT2D eigenvalue weighted by molar-refractivity contribution is -0.137. The maximum atomic E-state index is 12.7. The fourth-order valence-electron chi connectivity index (χ4n) is 2.45. The molecule has 0 saturated carbocycles. The minimum absolute atomic E-state index is 0.205. The Morgan fingerprint density at radius 3 is 2.62 bits per heavy atom. The number of carbonyl (C=O) groups excluding carboxylic acids is 1. The van der Waals surface area contributed by atoms with Crippen molar-refractivity contribution in [3.05, 3.63) is 47.3 Å². The van der Waals surface area contributed by atoms with Crippen LogP contribution in [0.3, 0.4) is 0 Å². The van der Waals surface area contributed by atoms with Crippen molar-refractivity contribution in [1.29, 1.82) is 0 Å². The van der Waals surface area contributed by atoms with Gasteiger partial charge in [0.05, 0.1) is 29.7 Å². The fourth-order valence-corrected chi connectivity index (χ4v) is 2.45. The highest BCUT2D eigenvalue weighted by Gasteiger charge is 2.23. The Morgan fingerprint density at radius 1 is 1.29 bits per heavy atom. The predicted molar refractivity (Wildman–Crippen MR) is 88.5 cm³/mol. The number of para-hydroxylation sites is 1. The number of rotatable bonds is 7. The van der Waals surface area contributed by atoms with E-state index in [0.29, 0.717) is 11.3 Å². The molecule has 24 heavy (non-hydrogen) atoms. The summed E-state index contributed by atoms with van der Waals surface area (Å²) in [6.45, 7) is 3.85. The Bertz CT molecular complexity index is 739. The van der Waals surface area contributed by atoms with Crippen molar-refractivity contribution in [2.45, 2.75) is 13.8 Å². The quantitative estimate of drug-likeness (QED) is 0.834. The van der Waals surface area contributed by atoms with Crippen molar-refractivity contribution < 1.29 is 19.4 Å². The van der Waals surface area contributed by atoms with Gasteiger partial charge in [-0.1, -0.05) is 18.2 Å². The molecular formula is C17H21N3O4. The van der Waals surface area contributed by atoms with Gasteiger partial charge in [-0.3, -0.25) is 9.59 Å². The predicted octanol–water partition coefficient (Wildman–Crippen LogP) is 1.66. The van der Waals surface area contributed by atoms with Gasteiger partial charge in [0.1, 0.15) is 6.54 Å². The molecule has 1 heterocycles. The lowest BCUT2D eigenvalue weighted by Crippen LogP contribution is -2.38. The van der Waals surface area contributed by atoms with E-state index in [9.17, 15) is 9.59 Å². The molecule has 7 heteroatoms. The number of methoxy groups -OCH3 is 1. The molecule has 0 fully saturated rings. The lowest BCUT2D eigenvalue weighted by Gasteiger charge is -2.20. The van der Waals surface area contributed by atoms with Crippen molar-refractivity contribution in [3.8, 4) is 5.69 Å². The molecule has 0 atom stereocenters. The van der Waals surface area contributed by atoms with Gasteiger partial charge >= 0.3 is 5.97 Å². The van der Waals surface area contributed by atoms with Crippen molar-refractivity contribution in [2.24, 2.45) is 0 Å². The molecule has 1 aromatic heterocycles. The van der Waals surface area contributed by atoms with E-state index in [-0.39, 0.29) is 25.6 Å². The second-order valence-electron chi connectivity index (χ2n) is 5.46. The zero-order valence-corrected chi connectivity index (χ0v) is 14.0. The van der Waals surface area contributed by atoms with Gasteiger partial charge in [-0.2, -0.15) is 5.10 Å². The number of ether oxygens (including phenoxy) is 1. The highest BCUT2D eigenvalue weighted by molar-refractivity contribution is 5.96. The van der Waals surface area contributed by atoms with Crippen LogP contribution in [0, 0.1) is 13.8 Å². The molecule has 1 N–H and O–H groups in total. The highest BCUT2D eigenvalue weighted by Crippen LogP contribution is 2.18. The van der Waals surface area contributed by atoms with E-state index in [4.69, 9.17) is 9.84 Å². The second kappa shape index (κ2) is 7.74. The third-order valence-corrected chi connectivity index (χ3v) is 3.76. The summed E-state index contributed by atoms with van der Waals surface area (Å²) in [5.74, 6) is -1.44. The molecule has 2 aromatic rings. The number of carboxylic acid groups (broad SMARTS) is 1. The summed E-state index contributed by atoms with van der Waals surface area (Å²) < 4.78 is 6.65. The van der Waals surface area contributed by atoms with E-state index in [2.05, 4.69) is 5.10 Å². The smallest absolute Gasteiger partial charge is 0.323 e. The third-order valence-electron chi connectivity index (χ3n) is 3.76. The third kappa shape index (κ3) is 3.80. The zero-order chi connectivity index (χ0) is 17.7. The summed E-state index contributed by atoms with van der Waals surface area (Å²) in [6.07, 6.45) is 1.48. The Balaban J connectivity index is 2.33. The minimum Gasteiger partial charge on any atom is -0.480 e. The molecule has 0 aliphatic carbocycles. The number of carbonyl (C=O) groups is 2. The molecule has 0 saturated heterocycles. The molecule has 0 spiro atoms. The summed E-state index contributed by atoms with van der Waals surface area (Å²) in [6, 6.07) is 7.72. The highest BCUT2D eigenvalue weighted by atomic mass is 16.5. The van der Waals surface area contributed by atoms with E-state index in [0.717, 1.165) is 11.3 Å². The SMILES string of the molecule is COCCN(CC(=O)O)C(=O)c1cnn(-c2ccccc2C)c1C. The average molecular weight is 331 g/mol. The Hall–Kier alpha value is -2.67. The monoisotopic (exact) mass is 331 g/mol. The number of aliphatic carboxylic acids is 1. The van der Waals surface area contributed by atoms with Crippen LogP contribution in [0.1, 0.15) is 21.6 Å². The second-order valence-corrected chi connectivity index (χ2v) is 5.46. The first-order valence-corrected chi connectivity index (χ1v) is 7.56. The van der Waals surface area contributed by atoms with Crippen molar-refractivity contribution >= 4 is 11.9 Å². The van der Waals surface area contributed by atoms with Crippen LogP contribution in [0.25, 0.3) is 5.69 Å². The molecule has 2 rings (SSSR count). The first-order valence-electron chi connectivity index (χ1n) is 7.56. The van der Waals surface area contributed by atoms with E-state index in [1.807, 2.05) is 31.2 Å². The molecule has 1 aromatic carbocycles. The van der Waals surface area contributed by atoms with Crippen LogP contribution in [0.2, 0.25) is 0 Å². The number of benzene rings is 1. The van der Waals surface area contributed by atoms with Crippen LogP contribution in [-0.2, 0) is 9.53 Å². The Morgan fingerprint density at radius 2 is 2.00 bits per heavy atom. The number of amides is 1. The Labute approximate surface area is 140 Å². The van der Waals surface area contributed by atoms with Crippen LogP contribution in [0.5, 0.6) is 0 Å². The summed E-state index contributed by atoms with van der Waals surface area (Å²) >= 11 is 0. The maximum absolute atomic E-state index is 12.7. The largest absolute Gasteiger partial charge is 0.480 e. The molecule has 0 radical (unpaired) electrons. The topological polar surface area (TPSA) is 84.7 Å². The number of hydrogen-bond donors (Lipinski definition) is 1. The molecule has 1 amide bonds. The average Bonchev–Trinajstić information content (AvgIpc) is 2.92. The van der Waals surface area contributed by atoms with Crippen molar-refractivity contribution in [1.82, 2.24) is 14.7 Å². The number of carboxylic acids is 1. The zero-order valence-electron chi connectivity index (χ0n) is 14.0. The van der Waals surface area contributed by atoms with Crippen LogP contribution in [0.15, 0.2) is 30.5 Å². The van der Waals surface area contributed by atoms with Crippen molar-refractivity contribution in [2.75, 3.05) is 26.8 Å². The van der Waals surface area contributed by atoms with Crippen LogP contribution >= 0.6 is 0 Å². The summed E-state index contributed by atoms with van der Waals surface area (Å²) in [7, 11) is 1.50. The van der Waals surface area contributed by atoms with Gasteiger partial charge in [0.25, 0.3) is 5.91 Å². The standard InChI is InChI=1S/C17H21N3O4/c1-12-6-4-5-7-15(12)20-13(2)14(10-18-20)17(23)19(8-9-24-3)11-16(21)22/h4-7,10H,8-9,11H2,1-3H3,(H,21,22). The van der Waals surface area contributed by atoms with E-state index >= 15 is 0 Å². The summed E-state index contributed by atoms with van der Waals surface area (Å²) in [5.41, 5.74) is 2.97. The molecule has 128 valence electrons. The van der Waals surface area contributed by atoms with E-state index in [1.165, 1.54) is 18.2 Å².